The van der Waals surface area contributed by atoms with Crippen LogP contribution in [0.15, 0.2) is 48.5 Å². The molecule has 1 saturated heterocycles. The fourth-order valence-corrected chi connectivity index (χ4v) is 4.01. The molecule has 0 radical (unpaired) electrons. The number of amides is 2. The van der Waals surface area contributed by atoms with Gasteiger partial charge in [-0.1, -0.05) is 54.4 Å². The number of rotatable bonds is 3. The van der Waals surface area contributed by atoms with E-state index in [2.05, 4.69) is 0 Å². The van der Waals surface area contributed by atoms with Crippen LogP contribution in [-0.4, -0.2) is 22.5 Å². The van der Waals surface area contributed by atoms with Crippen molar-refractivity contribution in [2.45, 2.75) is 51.2 Å². The van der Waals surface area contributed by atoms with Crippen molar-refractivity contribution in [1.29, 1.82) is 0 Å². The Balaban J connectivity index is 2.10. The van der Waals surface area contributed by atoms with E-state index in [0.717, 1.165) is 11.1 Å². The summed E-state index contributed by atoms with van der Waals surface area (Å²) in [7, 11) is 0. The minimum absolute atomic E-state index is 0.272. The largest absolute Gasteiger partial charge is 0.443 e. The lowest BCUT2D eigenvalue weighted by Crippen LogP contribution is -2.68. The quantitative estimate of drug-likeness (QED) is 0.559. The maximum absolute atomic E-state index is 13.3. The molecular weight excluding hydrogens is 397 g/mol. The van der Waals surface area contributed by atoms with Crippen LogP contribution in [0.4, 0.5) is 4.79 Å². The molecule has 3 rings (SSSR count). The lowest BCUT2D eigenvalue weighted by atomic mass is 9.62. The van der Waals surface area contributed by atoms with Crippen LogP contribution in [0, 0.1) is 0 Å². The Morgan fingerprint density at radius 3 is 2.00 bits per heavy atom. The van der Waals surface area contributed by atoms with Gasteiger partial charge in [-0.25, -0.2) is 9.69 Å². The number of benzene rings is 2. The molecule has 0 bridgehead atoms. The van der Waals surface area contributed by atoms with E-state index in [0.29, 0.717) is 16.5 Å². The monoisotopic (exact) mass is 419 g/mol. The van der Waals surface area contributed by atoms with E-state index >= 15 is 0 Å². The molecule has 1 aliphatic heterocycles. The van der Waals surface area contributed by atoms with Crippen molar-refractivity contribution in [2.24, 2.45) is 0 Å². The molecular formula is C22H23Cl2NO3. The van der Waals surface area contributed by atoms with E-state index in [9.17, 15) is 9.59 Å². The molecule has 2 atom stereocenters. The van der Waals surface area contributed by atoms with Crippen LogP contribution >= 0.6 is 23.2 Å². The van der Waals surface area contributed by atoms with Gasteiger partial charge in [-0.05, 0) is 62.6 Å². The maximum atomic E-state index is 13.3. The highest BCUT2D eigenvalue weighted by Crippen LogP contribution is 2.54. The number of imide groups is 1. The first kappa shape index (κ1) is 20.7. The minimum atomic E-state index is -0.866. The molecule has 0 saturated carbocycles. The zero-order chi connectivity index (χ0) is 20.7. The summed E-state index contributed by atoms with van der Waals surface area (Å²) < 4.78 is 5.50. The number of nitrogens with zero attached hydrogens (tertiary/aromatic N) is 1. The van der Waals surface area contributed by atoms with E-state index < -0.39 is 23.2 Å². The van der Waals surface area contributed by atoms with Gasteiger partial charge < -0.3 is 4.74 Å². The first-order chi connectivity index (χ1) is 13.1. The molecule has 1 fully saturated rings. The third-order valence-corrected chi connectivity index (χ3v) is 5.52. The van der Waals surface area contributed by atoms with Gasteiger partial charge in [-0.3, -0.25) is 4.79 Å². The molecule has 2 amide bonds. The molecule has 0 N–H and O–H groups in total. The Kier molecular flexibility index (Phi) is 5.48. The van der Waals surface area contributed by atoms with Crippen molar-refractivity contribution in [3.05, 3.63) is 69.7 Å². The van der Waals surface area contributed by atoms with Crippen LogP contribution in [0.5, 0.6) is 0 Å². The first-order valence-electron chi connectivity index (χ1n) is 9.18. The summed E-state index contributed by atoms with van der Waals surface area (Å²) in [5.41, 5.74) is 0.0814. The third kappa shape index (κ3) is 3.51. The van der Waals surface area contributed by atoms with Gasteiger partial charge in [-0.2, -0.15) is 0 Å². The predicted octanol–water partition coefficient (Wildman–Crippen LogP) is 6.16. The number of hydrogen-bond donors (Lipinski definition) is 0. The summed E-state index contributed by atoms with van der Waals surface area (Å²) in [6, 6.07) is 13.9. The third-order valence-electron chi connectivity index (χ3n) is 5.02. The fourth-order valence-electron chi connectivity index (χ4n) is 3.76. The first-order valence-corrected chi connectivity index (χ1v) is 9.94. The van der Waals surface area contributed by atoms with E-state index in [-0.39, 0.29) is 5.91 Å². The molecule has 2 aromatic rings. The minimum Gasteiger partial charge on any atom is -0.443 e. The normalized spacial score (nSPS) is 22.0. The van der Waals surface area contributed by atoms with Crippen molar-refractivity contribution < 1.29 is 14.3 Å². The Hall–Kier alpha value is -2.04. The van der Waals surface area contributed by atoms with Crippen LogP contribution in [0.25, 0.3) is 0 Å². The van der Waals surface area contributed by atoms with E-state index in [1.54, 1.807) is 45.0 Å². The topological polar surface area (TPSA) is 46.6 Å². The molecule has 1 aliphatic rings. The standard InChI is InChI=1S/C22H23Cl2NO3/c1-5-22(15-8-12-17(24)13-9-15)18(14-6-10-16(23)11-7-14)25(19(22)26)20(27)28-21(2,3)4/h6-13,18H,5H2,1-4H3/t18-,22+/m1/s1. The Labute approximate surface area is 175 Å². The Bertz CT molecular complexity index is 887. The average molecular weight is 420 g/mol. The number of β-lactam (4-membered cyclic amide) rings is 1. The van der Waals surface area contributed by atoms with Gasteiger partial charge in [0, 0.05) is 10.0 Å². The summed E-state index contributed by atoms with van der Waals surface area (Å²) >= 11 is 12.1. The molecule has 148 valence electrons. The van der Waals surface area contributed by atoms with Crippen LogP contribution in [0.1, 0.15) is 51.3 Å². The van der Waals surface area contributed by atoms with Gasteiger partial charge in [0.15, 0.2) is 0 Å². The molecule has 0 aliphatic carbocycles. The van der Waals surface area contributed by atoms with Crippen molar-refractivity contribution >= 4 is 35.2 Å². The highest BCUT2D eigenvalue weighted by molar-refractivity contribution is 6.30. The highest BCUT2D eigenvalue weighted by Gasteiger charge is 2.64. The van der Waals surface area contributed by atoms with Crippen molar-refractivity contribution in [1.82, 2.24) is 4.90 Å². The van der Waals surface area contributed by atoms with Gasteiger partial charge in [0.25, 0.3) is 0 Å². The summed E-state index contributed by atoms with van der Waals surface area (Å²) in [5, 5.41) is 1.18. The Morgan fingerprint density at radius 1 is 1.04 bits per heavy atom. The average Bonchev–Trinajstić information content (AvgIpc) is 2.61. The van der Waals surface area contributed by atoms with Gasteiger partial charge in [0.05, 0.1) is 11.5 Å². The zero-order valence-electron chi connectivity index (χ0n) is 16.3. The molecule has 4 nitrogen and oxygen atoms in total. The van der Waals surface area contributed by atoms with Gasteiger partial charge in [0.1, 0.15) is 5.60 Å². The summed E-state index contributed by atoms with van der Waals surface area (Å²) in [6.45, 7) is 7.28. The maximum Gasteiger partial charge on any atom is 0.417 e. The lowest BCUT2D eigenvalue weighted by molar-refractivity contribution is -0.159. The number of ether oxygens (including phenoxy) is 1. The molecule has 0 unspecified atom stereocenters. The second-order valence-corrected chi connectivity index (χ2v) is 8.81. The summed E-state index contributed by atoms with van der Waals surface area (Å²) in [5.74, 6) is -0.272. The molecule has 2 aromatic carbocycles. The lowest BCUT2D eigenvalue weighted by Gasteiger charge is -2.54. The Morgan fingerprint density at radius 2 is 1.54 bits per heavy atom. The SMILES string of the molecule is CC[C@@]1(c2ccc(Cl)cc2)C(=O)N(C(=O)OC(C)(C)C)[C@@H]1c1ccc(Cl)cc1. The molecule has 0 spiro atoms. The van der Waals surface area contributed by atoms with Crippen LogP contribution < -0.4 is 0 Å². The summed E-state index contributed by atoms with van der Waals surface area (Å²) in [4.78, 5) is 27.4. The second-order valence-electron chi connectivity index (χ2n) is 7.94. The van der Waals surface area contributed by atoms with Gasteiger partial charge >= 0.3 is 6.09 Å². The van der Waals surface area contributed by atoms with Crippen LogP contribution in [-0.2, 0) is 14.9 Å². The van der Waals surface area contributed by atoms with Crippen molar-refractivity contribution in [3.63, 3.8) is 0 Å². The van der Waals surface area contributed by atoms with E-state index in [1.165, 1.54) is 4.90 Å². The molecule has 6 heteroatoms. The van der Waals surface area contributed by atoms with Crippen molar-refractivity contribution in [3.8, 4) is 0 Å². The van der Waals surface area contributed by atoms with Gasteiger partial charge in [0.2, 0.25) is 5.91 Å². The smallest absolute Gasteiger partial charge is 0.417 e. The summed E-state index contributed by atoms with van der Waals surface area (Å²) in [6.07, 6.45) is -0.115. The van der Waals surface area contributed by atoms with Gasteiger partial charge in [-0.15, -0.1) is 0 Å². The number of hydrogen-bond acceptors (Lipinski definition) is 3. The predicted molar refractivity (Wildman–Crippen MR) is 111 cm³/mol. The van der Waals surface area contributed by atoms with Crippen molar-refractivity contribution in [2.75, 3.05) is 0 Å². The molecule has 0 aromatic heterocycles. The fraction of sp³-hybridized carbons (Fsp3) is 0.364. The number of carbonyl (C=O) groups excluding carboxylic acids is 2. The molecule has 28 heavy (non-hydrogen) atoms. The second kappa shape index (κ2) is 7.41. The molecule has 1 heterocycles. The van der Waals surface area contributed by atoms with Crippen LogP contribution in [0.3, 0.4) is 0 Å². The highest BCUT2D eigenvalue weighted by atomic mass is 35.5. The van der Waals surface area contributed by atoms with E-state index in [1.807, 2.05) is 31.2 Å². The van der Waals surface area contributed by atoms with Crippen LogP contribution in [0.2, 0.25) is 10.0 Å². The zero-order valence-corrected chi connectivity index (χ0v) is 17.8. The number of carbonyl (C=O) groups is 2. The van der Waals surface area contributed by atoms with E-state index in [4.69, 9.17) is 27.9 Å². The number of halogens is 2. The number of likely N-dealkylation sites (tertiary alicyclic amines) is 1.